The minimum absolute atomic E-state index is 0.181. The second-order valence-electron chi connectivity index (χ2n) is 3.91. The lowest BCUT2D eigenvalue weighted by Gasteiger charge is -2.37. The zero-order valence-corrected chi connectivity index (χ0v) is 10.0. The predicted octanol–water partition coefficient (Wildman–Crippen LogP) is 3.60. The third kappa shape index (κ3) is 2.18. The van der Waals surface area contributed by atoms with Gasteiger partial charge in [0.15, 0.2) is 0 Å². The zero-order valence-electron chi connectivity index (χ0n) is 8.45. The van der Waals surface area contributed by atoms with E-state index < -0.39 is 9.24 Å². The molecule has 0 saturated carbocycles. The highest BCUT2D eigenvalue weighted by molar-refractivity contribution is 8.51. The van der Waals surface area contributed by atoms with E-state index in [1.165, 1.54) is 18.6 Å². The van der Waals surface area contributed by atoms with Gasteiger partial charge in [-0.25, -0.2) is 0 Å². The summed E-state index contributed by atoms with van der Waals surface area (Å²) < 4.78 is 0. The molecule has 0 radical (unpaired) electrons. The fourth-order valence-electron chi connectivity index (χ4n) is 1.96. The first-order valence-corrected chi connectivity index (χ1v) is 7.92. The summed E-state index contributed by atoms with van der Waals surface area (Å²) in [6.07, 6.45) is 3.46. The second-order valence-corrected chi connectivity index (χ2v) is 8.51. The van der Waals surface area contributed by atoms with E-state index in [-0.39, 0.29) is 11.5 Å². The van der Waals surface area contributed by atoms with Crippen LogP contribution in [0, 0.1) is 0 Å². The lowest BCUT2D eigenvalue weighted by molar-refractivity contribution is 0.448. The van der Waals surface area contributed by atoms with Gasteiger partial charge in [0.2, 0.25) is 0 Å². The number of phenols is 2. The van der Waals surface area contributed by atoms with E-state index in [4.69, 9.17) is 10.7 Å². The molecule has 1 saturated heterocycles. The highest BCUT2D eigenvalue weighted by Gasteiger charge is 2.28. The fourth-order valence-corrected chi connectivity index (χ4v) is 5.72. The van der Waals surface area contributed by atoms with E-state index in [0.717, 1.165) is 29.2 Å². The molecule has 1 aromatic carbocycles. The van der Waals surface area contributed by atoms with Crippen LogP contribution in [0.4, 0.5) is 0 Å². The van der Waals surface area contributed by atoms with Crippen molar-refractivity contribution < 1.29 is 10.2 Å². The minimum Gasteiger partial charge on any atom is -0.508 e. The fraction of sp³-hybridized carbons (Fsp3) is 0.455. The van der Waals surface area contributed by atoms with Gasteiger partial charge in [0.25, 0.3) is 0 Å². The normalized spacial score (nSPS) is 22.2. The molecule has 0 bridgehead atoms. The van der Waals surface area contributed by atoms with E-state index in [1.807, 2.05) is 0 Å². The van der Waals surface area contributed by atoms with Gasteiger partial charge in [0.05, 0.1) is 0 Å². The highest BCUT2D eigenvalue weighted by Crippen LogP contribution is 2.65. The molecule has 1 fully saturated rings. The Labute approximate surface area is 95.7 Å². The number of aromatic hydroxyl groups is 2. The van der Waals surface area contributed by atoms with Gasteiger partial charge in [-0.2, -0.15) is 0 Å². The summed E-state index contributed by atoms with van der Waals surface area (Å²) in [5.41, 5.74) is 0. The van der Waals surface area contributed by atoms with Gasteiger partial charge in [0, 0.05) is 4.90 Å². The summed E-state index contributed by atoms with van der Waals surface area (Å²) in [6.45, 7) is 0. The van der Waals surface area contributed by atoms with Crippen LogP contribution < -0.4 is 0 Å². The molecule has 0 unspecified atom stereocenters. The Kier molecular flexibility index (Phi) is 3.03. The number of hydrogen-bond acceptors (Lipinski definition) is 2. The lowest BCUT2D eigenvalue weighted by atomic mass is 10.3. The molecule has 4 heteroatoms. The topological polar surface area (TPSA) is 40.5 Å². The summed E-state index contributed by atoms with van der Waals surface area (Å²) in [5, 5.41) is 19.2. The van der Waals surface area contributed by atoms with Gasteiger partial charge in [-0.3, -0.25) is 0 Å². The van der Waals surface area contributed by atoms with Crippen LogP contribution in [0.5, 0.6) is 11.5 Å². The van der Waals surface area contributed by atoms with Crippen molar-refractivity contribution in [2.24, 2.45) is 0 Å². The summed E-state index contributed by atoms with van der Waals surface area (Å²) >= 11 is 0. The molecule has 15 heavy (non-hydrogen) atoms. The second kappa shape index (κ2) is 4.14. The van der Waals surface area contributed by atoms with Crippen molar-refractivity contribution in [3.8, 4) is 11.5 Å². The molecule has 2 N–H and O–H groups in total. The van der Waals surface area contributed by atoms with E-state index in [9.17, 15) is 10.2 Å². The predicted molar refractivity (Wildman–Crippen MR) is 65.1 cm³/mol. The molecule has 84 valence electrons. The van der Waals surface area contributed by atoms with Crippen molar-refractivity contribution in [1.29, 1.82) is 0 Å². The number of phenolic OH excluding ortho intramolecular Hbond substituents is 2. The van der Waals surface area contributed by atoms with Crippen LogP contribution in [0.15, 0.2) is 23.1 Å². The van der Waals surface area contributed by atoms with E-state index in [2.05, 4.69) is 0 Å². The number of benzene rings is 1. The van der Waals surface area contributed by atoms with Crippen LogP contribution in [-0.4, -0.2) is 21.7 Å². The van der Waals surface area contributed by atoms with Crippen LogP contribution in [0.2, 0.25) is 0 Å². The molecular weight excluding hydrogens is 232 g/mol. The molecular formula is C11H15ClO2S. The number of hydrogen-bond donors (Lipinski definition) is 2. The molecule has 0 amide bonds. The number of rotatable bonds is 1. The molecule has 1 aliphatic rings. The third-order valence-corrected chi connectivity index (χ3v) is 7.18. The van der Waals surface area contributed by atoms with Crippen molar-refractivity contribution >= 4 is 19.9 Å². The maximum absolute atomic E-state index is 9.78. The molecule has 0 atom stereocenters. The summed E-state index contributed by atoms with van der Waals surface area (Å²) in [4.78, 5) is 0.754. The van der Waals surface area contributed by atoms with Gasteiger partial charge in [-0.15, -0.1) is 9.24 Å². The Morgan fingerprint density at radius 1 is 1.07 bits per heavy atom. The minimum atomic E-state index is -1.41. The quantitative estimate of drug-likeness (QED) is 0.744. The van der Waals surface area contributed by atoms with Crippen molar-refractivity contribution in [3.05, 3.63) is 18.2 Å². The largest absolute Gasteiger partial charge is 0.508 e. The van der Waals surface area contributed by atoms with Crippen LogP contribution in [0.25, 0.3) is 0 Å². The maximum atomic E-state index is 9.78. The highest BCUT2D eigenvalue weighted by atomic mass is 35.7. The van der Waals surface area contributed by atoms with Gasteiger partial charge in [-0.1, -0.05) is 17.1 Å². The van der Waals surface area contributed by atoms with E-state index >= 15 is 0 Å². The maximum Gasteiger partial charge on any atom is 0.128 e. The Morgan fingerprint density at radius 2 is 1.73 bits per heavy atom. The van der Waals surface area contributed by atoms with Gasteiger partial charge in [-0.05, 0) is 42.5 Å². The average Bonchev–Trinajstić information content (AvgIpc) is 2.23. The third-order valence-electron chi connectivity index (χ3n) is 2.77. The Morgan fingerprint density at radius 3 is 2.40 bits per heavy atom. The molecule has 0 aliphatic carbocycles. The van der Waals surface area contributed by atoms with Crippen LogP contribution in [0.3, 0.4) is 0 Å². The molecule has 0 aromatic heterocycles. The summed E-state index contributed by atoms with van der Waals surface area (Å²) in [6, 6.07) is 4.63. The van der Waals surface area contributed by atoms with Crippen molar-refractivity contribution in [2.45, 2.75) is 24.2 Å². The molecule has 2 nitrogen and oxygen atoms in total. The Hall–Kier alpha value is -0.540. The SMILES string of the molecule is Oc1ccc(O)c(S2(Cl)CCCCC2)c1. The molecule has 1 heterocycles. The number of halogens is 1. The van der Waals surface area contributed by atoms with Gasteiger partial charge >= 0.3 is 0 Å². The van der Waals surface area contributed by atoms with Crippen LogP contribution in [0.1, 0.15) is 19.3 Å². The van der Waals surface area contributed by atoms with Crippen LogP contribution >= 0.6 is 19.9 Å². The molecule has 1 aromatic rings. The summed E-state index contributed by atoms with van der Waals surface area (Å²) in [5.74, 6) is 2.30. The monoisotopic (exact) mass is 246 g/mol. The lowest BCUT2D eigenvalue weighted by Crippen LogP contribution is -2.10. The van der Waals surface area contributed by atoms with Crippen LogP contribution in [-0.2, 0) is 0 Å². The summed E-state index contributed by atoms with van der Waals surface area (Å²) in [7, 11) is 5.18. The first kappa shape index (κ1) is 11.0. The van der Waals surface area contributed by atoms with Gasteiger partial charge < -0.3 is 10.2 Å². The molecule has 2 rings (SSSR count). The smallest absolute Gasteiger partial charge is 0.128 e. The molecule has 1 aliphatic heterocycles. The van der Waals surface area contributed by atoms with Gasteiger partial charge in [0.1, 0.15) is 11.5 Å². The van der Waals surface area contributed by atoms with E-state index in [1.54, 1.807) is 6.07 Å². The van der Waals surface area contributed by atoms with Crippen molar-refractivity contribution in [2.75, 3.05) is 11.5 Å². The van der Waals surface area contributed by atoms with Crippen molar-refractivity contribution in [3.63, 3.8) is 0 Å². The molecule has 0 spiro atoms. The zero-order chi connectivity index (χ0) is 10.9. The first-order chi connectivity index (χ1) is 7.12. The first-order valence-electron chi connectivity index (χ1n) is 5.12. The Balaban J connectivity index is 2.38. The standard InChI is InChI=1S/C11H15ClO2S/c12-15(6-2-1-3-7-15)11-8-9(13)4-5-10(11)14/h4-5,8,13-14H,1-3,6-7H2. The Bertz CT molecular complexity index is 362. The average molecular weight is 247 g/mol. The van der Waals surface area contributed by atoms with Crippen molar-refractivity contribution in [1.82, 2.24) is 0 Å². The van der Waals surface area contributed by atoms with E-state index in [0.29, 0.717) is 0 Å².